The van der Waals surface area contributed by atoms with Crippen molar-refractivity contribution in [2.45, 2.75) is 6.92 Å². The standard InChI is InChI=1S/C6H10N2O2/c1-4-5(9)7(2)8(3)6(4)10/h4H,1-3H3. The van der Waals surface area contributed by atoms with Crippen molar-refractivity contribution in [3.63, 3.8) is 0 Å². The van der Waals surface area contributed by atoms with Crippen molar-refractivity contribution < 1.29 is 9.59 Å². The van der Waals surface area contributed by atoms with E-state index >= 15 is 0 Å². The van der Waals surface area contributed by atoms with E-state index in [-0.39, 0.29) is 11.8 Å². The number of carbonyl (C=O) groups is 2. The van der Waals surface area contributed by atoms with Gasteiger partial charge >= 0.3 is 0 Å². The highest BCUT2D eigenvalue weighted by molar-refractivity contribution is 6.04. The summed E-state index contributed by atoms with van der Waals surface area (Å²) < 4.78 is 0. The Hall–Kier alpha value is -1.06. The van der Waals surface area contributed by atoms with E-state index in [0.29, 0.717) is 0 Å². The molecule has 0 atom stereocenters. The van der Waals surface area contributed by atoms with Gasteiger partial charge in [-0.3, -0.25) is 19.6 Å². The zero-order valence-electron chi connectivity index (χ0n) is 6.29. The van der Waals surface area contributed by atoms with E-state index in [1.807, 2.05) is 0 Å². The lowest BCUT2D eigenvalue weighted by Crippen LogP contribution is -2.33. The molecule has 0 spiro atoms. The van der Waals surface area contributed by atoms with Crippen LogP contribution in [0.1, 0.15) is 6.92 Å². The molecule has 4 heteroatoms. The first-order chi connectivity index (χ1) is 4.55. The lowest BCUT2D eigenvalue weighted by atomic mass is 10.2. The molecule has 1 aliphatic heterocycles. The second-order valence-electron chi connectivity index (χ2n) is 2.45. The fraction of sp³-hybridized carbons (Fsp3) is 0.667. The highest BCUT2D eigenvalue weighted by Gasteiger charge is 2.37. The van der Waals surface area contributed by atoms with Gasteiger partial charge in [-0.05, 0) is 6.92 Å². The maximum atomic E-state index is 11.0. The summed E-state index contributed by atoms with van der Waals surface area (Å²) in [5.41, 5.74) is 0. The van der Waals surface area contributed by atoms with Gasteiger partial charge in [-0.15, -0.1) is 0 Å². The number of hydrazine groups is 1. The summed E-state index contributed by atoms with van der Waals surface area (Å²) in [6.45, 7) is 1.62. The Kier molecular flexibility index (Phi) is 1.39. The number of hydrogen-bond donors (Lipinski definition) is 0. The summed E-state index contributed by atoms with van der Waals surface area (Å²) in [4.78, 5) is 22.0. The number of hydrogen-bond acceptors (Lipinski definition) is 2. The zero-order chi connectivity index (χ0) is 7.89. The Balaban J connectivity index is 2.89. The normalized spacial score (nSPS) is 21.1. The Labute approximate surface area is 59.4 Å². The average molecular weight is 142 g/mol. The van der Waals surface area contributed by atoms with E-state index in [0.717, 1.165) is 0 Å². The van der Waals surface area contributed by atoms with E-state index in [4.69, 9.17) is 0 Å². The van der Waals surface area contributed by atoms with E-state index in [2.05, 4.69) is 0 Å². The van der Waals surface area contributed by atoms with Crippen LogP contribution < -0.4 is 0 Å². The smallest absolute Gasteiger partial charge is 0.253 e. The molecule has 1 saturated heterocycles. The van der Waals surface area contributed by atoms with Crippen LogP contribution in [0.4, 0.5) is 0 Å². The first kappa shape index (κ1) is 7.05. The quantitative estimate of drug-likeness (QED) is 0.426. The van der Waals surface area contributed by atoms with Crippen LogP contribution >= 0.6 is 0 Å². The van der Waals surface area contributed by atoms with Gasteiger partial charge in [0.25, 0.3) is 11.8 Å². The molecular formula is C6H10N2O2. The van der Waals surface area contributed by atoms with Gasteiger partial charge in [-0.1, -0.05) is 0 Å². The highest BCUT2D eigenvalue weighted by Crippen LogP contribution is 2.14. The Morgan fingerprint density at radius 2 is 1.40 bits per heavy atom. The lowest BCUT2D eigenvalue weighted by molar-refractivity contribution is -0.141. The topological polar surface area (TPSA) is 40.6 Å². The molecule has 0 aromatic heterocycles. The van der Waals surface area contributed by atoms with Crippen molar-refractivity contribution in [1.29, 1.82) is 0 Å². The van der Waals surface area contributed by atoms with Gasteiger partial charge in [-0.2, -0.15) is 0 Å². The van der Waals surface area contributed by atoms with Gasteiger partial charge in [0.05, 0.1) is 0 Å². The largest absolute Gasteiger partial charge is 0.272 e. The van der Waals surface area contributed by atoms with Gasteiger partial charge in [0, 0.05) is 14.1 Å². The molecule has 2 amide bonds. The molecule has 56 valence electrons. The number of amides is 2. The second kappa shape index (κ2) is 1.97. The third-order valence-electron chi connectivity index (χ3n) is 1.83. The van der Waals surface area contributed by atoms with Crippen LogP contribution in [0, 0.1) is 5.92 Å². The average Bonchev–Trinajstić information content (AvgIpc) is 2.07. The fourth-order valence-corrected chi connectivity index (χ4v) is 0.962. The minimum Gasteiger partial charge on any atom is -0.272 e. The number of nitrogens with zero attached hydrogens (tertiary/aromatic N) is 2. The van der Waals surface area contributed by atoms with Crippen molar-refractivity contribution in [3.05, 3.63) is 0 Å². The van der Waals surface area contributed by atoms with E-state index in [1.165, 1.54) is 10.0 Å². The SMILES string of the molecule is CC1C(=O)N(C)N(C)C1=O. The van der Waals surface area contributed by atoms with E-state index in [1.54, 1.807) is 21.0 Å². The molecule has 1 rings (SSSR count). The van der Waals surface area contributed by atoms with Gasteiger partial charge in [0.15, 0.2) is 0 Å². The van der Waals surface area contributed by atoms with E-state index < -0.39 is 5.92 Å². The molecule has 0 aromatic carbocycles. The van der Waals surface area contributed by atoms with Crippen molar-refractivity contribution in [2.75, 3.05) is 14.1 Å². The molecule has 0 unspecified atom stereocenters. The van der Waals surface area contributed by atoms with Crippen LogP contribution in [0.5, 0.6) is 0 Å². The first-order valence-electron chi connectivity index (χ1n) is 3.10. The summed E-state index contributed by atoms with van der Waals surface area (Å²) in [6.07, 6.45) is 0. The molecule has 0 aliphatic carbocycles. The highest BCUT2D eigenvalue weighted by atomic mass is 16.2. The van der Waals surface area contributed by atoms with Crippen LogP contribution in [-0.4, -0.2) is 35.9 Å². The Morgan fingerprint density at radius 3 is 1.50 bits per heavy atom. The van der Waals surface area contributed by atoms with Crippen LogP contribution in [0.2, 0.25) is 0 Å². The minimum absolute atomic E-state index is 0.132. The maximum absolute atomic E-state index is 11.0. The summed E-state index contributed by atoms with van der Waals surface area (Å²) in [6, 6.07) is 0. The van der Waals surface area contributed by atoms with Gasteiger partial charge in [0.1, 0.15) is 5.92 Å². The molecule has 1 aliphatic rings. The van der Waals surface area contributed by atoms with E-state index in [9.17, 15) is 9.59 Å². The van der Waals surface area contributed by atoms with Crippen LogP contribution in [0.3, 0.4) is 0 Å². The molecule has 0 N–H and O–H groups in total. The van der Waals surface area contributed by atoms with Crippen molar-refractivity contribution in [2.24, 2.45) is 5.92 Å². The van der Waals surface area contributed by atoms with Crippen LogP contribution in [0.15, 0.2) is 0 Å². The summed E-state index contributed by atoms with van der Waals surface area (Å²) in [5, 5.41) is 2.65. The molecule has 1 fully saturated rings. The summed E-state index contributed by atoms with van der Waals surface area (Å²) in [5.74, 6) is -0.755. The molecule has 0 saturated carbocycles. The van der Waals surface area contributed by atoms with Crippen LogP contribution in [-0.2, 0) is 9.59 Å². The van der Waals surface area contributed by atoms with Gasteiger partial charge < -0.3 is 0 Å². The van der Waals surface area contributed by atoms with Crippen molar-refractivity contribution >= 4 is 11.8 Å². The monoisotopic (exact) mass is 142 g/mol. The predicted molar refractivity (Wildman–Crippen MR) is 34.7 cm³/mol. The molecule has 0 bridgehead atoms. The molecule has 4 nitrogen and oxygen atoms in total. The fourth-order valence-electron chi connectivity index (χ4n) is 0.962. The van der Waals surface area contributed by atoms with Gasteiger partial charge in [0.2, 0.25) is 0 Å². The maximum Gasteiger partial charge on any atom is 0.253 e. The van der Waals surface area contributed by atoms with Crippen molar-refractivity contribution in [3.8, 4) is 0 Å². The van der Waals surface area contributed by atoms with Crippen LogP contribution in [0.25, 0.3) is 0 Å². The zero-order valence-corrected chi connectivity index (χ0v) is 6.29. The third-order valence-corrected chi connectivity index (χ3v) is 1.83. The lowest BCUT2D eigenvalue weighted by Gasteiger charge is -2.17. The molecule has 0 aromatic rings. The van der Waals surface area contributed by atoms with Crippen molar-refractivity contribution in [1.82, 2.24) is 10.0 Å². The molecule has 0 radical (unpaired) electrons. The number of rotatable bonds is 0. The third kappa shape index (κ3) is 0.683. The number of carbonyl (C=O) groups excluding carboxylic acids is 2. The predicted octanol–water partition coefficient (Wildman–Crippen LogP) is -0.532. The summed E-state index contributed by atoms with van der Waals surface area (Å²) >= 11 is 0. The molecule has 10 heavy (non-hydrogen) atoms. The Morgan fingerprint density at radius 1 is 1.10 bits per heavy atom. The second-order valence-corrected chi connectivity index (χ2v) is 2.45. The Bertz CT molecular complexity index is 170. The molecule has 1 heterocycles. The minimum atomic E-state index is -0.491. The first-order valence-corrected chi connectivity index (χ1v) is 3.10. The van der Waals surface area contributed by atoms with Gasteiger partial charge in [-0.25, -0.2) is 0 Å². The summed E-state index contributed by atoms with van der Waals surface area (Å²) in [7, 11) is 3.17. The molecular weight excluding hydrogens is 132 g/mol.